The normalized spacial score (nSPS) is 18.2. The fourth-order valence-electron chi connectivity index (χ4n) is 4.19. The Bertz CT molecular complexity index is 1100. The topological polar surface area (TPSA) is 49.4 Å². The van der Waals surface area contributed by atoms with Gasteiger partial charge in [0.15, 0.2) is 0 Å². The quantitative estimate of drug-likeness (QED) is 0.623. The lowest BCUT2D eigenvalue weighted by atomic mass is 9.87. The maximum Gasteiger partial charge on any atom is 0.257 e. The van der Waals surface area contributed by atoms with E-state index in [0.717, 1.165) is 5.56 Å². The number of hydrogen-bond donors (Lipinski definition) is 1. The van der Waals surface area contributed by atoms with Gasteiger partial charge in [0.1, 0.15) is 11.6 Å². The number of piperidine rings is 1. The molecule has 0 spiro atoms. The molecule has 6 heteroatoms. The molecule has 1 heterocycles. The van der Waals surface area contributed by atoms with Crippen molar-refractivity contribution in [2.75, 3.05) is 6.54 Å². The molecule has 1 aliphatic rings. The van der Waals surface area contributed by atoms with Crippen LogP contribution in [-0.4, -0.2) is 23.3 Å². The maximum atomic E-state index is 14.4. The van der Waals surface area contributed by atoms with Crippen LogP contribution in [-0.2, 0) is 11.3 Å². The van der Waals surface area contributed by atoms with Gasteiger partial charge in [-0.05, 0) is 36.6 Å². The van der Waals surface area contributed by atoms with E-state index >= 15 is 0 Å². The summed E-state index contributed by atoms with van der Waals surface area (Å²) in [5.41, 5.74) is 1.33. The summed E-state index contributed by atoms with van der Waals surface area (Å²) in [6.07, 6.45) is 1.14. The molecule has 4 nitrogen and oxygen atoms in total. The average molecular weight is 434 g/mol. The van der Waals surface area contributed by atoms with Gasteiger partial charge in [0, 0.05) is 18.7 Å². The minimum absolute atomic E-state index is 0.0131. The van der Waals surface area contributed by atoms with Crippen LogP contribution < -0.4 is 5.32 Å². The highest BCUT2D eigenvalue weighted by Gasteiger charge is 2.36. The van der Waals surface area contributed by atoms with Crippen molar-refractivity contribution < 1.29 is 18.4 Å². The smallest absolute Gasteiger partial charge is 0.257 e. The third kappa shape index (κ3) is 4.69. The van der Waals surface area contributed by atoms with E-state index in [1.807, 2.05) is 30.3 Å². The zero-order valence-corrected chi connectivity index (χ0v) is 17.5. The Morgan fingerprint density at radius 3 is 2.22 bits per heavy atom. The van der Waals surface area contributed by atoms with Crippen LogP contribution in [0.2, 0.25) is 0 Å². The molecule has 1 aliphatic heterocycles. The van der Waals surface area contributed by atoms with Gasteiger partial charge >= 0.3 is 0 Å². The van der Waals surface area contributed by atoms with Crippen LogP contribution in [0.1, 0.15) is 40.4 Å². The Hall–Kier alpha value is -3.54. The highest BCUT2D eigenvalue weighted by molar-refractivity contribution is 5.95. The van der Waals surface area contributed by atoms with Gasteiger partial charge < -0.3 is 10.2 Å². The molecule has 3 aromatic rings. The molecule has 1 fully saturated rings. The second kappa shape index (κ2) is 9.73. The summed E-state index contributed by atoms with van der Waals surface area (Å²) in [7, 11) is 0. The average Bonchev–Trinajstić information content (AvgIpc) is 2.83. The maximum absolute atomic E-state index is 14.4. The number of carbonyl (C=O) groups is 2. The van der Waals surface area contributed by atoms with Crippen LogP contribution in [0.4, 0.5) is 8.78 Å². The molecule has 0 radical (unpaired) electrons. The van der Waals surface area contributed by atoms with E-state index in [1.165, 1.54) is 24.3 Å². The first-order valence-corrected chi connectivity index (χ1v) is 10.7. The second-order valence-corrected chi connectivity index (χ2v) is 7.95. The summed E-state index contributed by atoms with van der Waals surface area (Å²) in [5.74, 6) is -2.11. The molecule has 0 aromatic heterocycles. The first-order valence-electron chi connectivity index (χ1n) is 10.7. The van der Waals surface area contributed by atoms with Crippen LogP contribution in [0.5, 0.6) is 0 Å². The van der Waals surface area contributed by atoms with Gasteiger partial charge in [0.2, 0.25) is 5.91 Å². The standard InChI is InChI=1S/C26H24F2N2O2/c27-22-12-6-4-10-19(22)16-29-25(31)20-14-15-24(18-8-2-1-3-9-18)30(17-20)26(32)21-11-5-7-13-23(21)28/h1-13,20,24H,14-17H2,(H,29,31). The summed E-state index contributed by atoms with van der Waals surface area (Å²) in [4.78, 5) is 27.7. The van der Waals surface area contributed by atoms with Crippen LogP contribution in [0, 0.1) is 17.6 Å². The van der Waals surface area contributed by atoms with Crippen LogP contribution in [0.15, 0.2) is 78.9 Å². The molecule has 4 rings (SSSR count). The summed E-state index contributed by atoms with van der Waals surface area (Å²) in [5, 5.41) is 2.78. The first kappa shape index (κ1) is 21.7. The van der Waals surface area contributed by atoms with Gasteiger partial charge in [-0.2, -0.15) is 0 Å². The van der Waals surface area contributed by atoms with Gasteiger partial charge in [0.05, 0.1) is 17.5 Å². The largest absolute Gasteiger partial charge is 0.352 e. The minimum Gasteiger partial charge on any atom is -0.352 e. The number of rotatable bonds is 5. The summed E-state index contributed by atoms with van der Waals surface area (Å²) >= 11 is 0. The van der Waals surface area contributed by atoms with E-state index in [1.54, 1.807) is 29.2 Å². The van der Waals surface area contributed by atoms with E-state index in [9.17, 15) is 18.4 Å². The SMILES string of the molecule is O=C(NCc1ccccc1F)C1CCC(c2ccccc2)N(C(=O)c2ccccc2F)C1. The molecular weight excluding hydrogens is 410 g/mol. The van der Waals surface area contributed by atoms with Crippen LogP contribution in [0.25, 0.3) is 0 Å². The molecule has 0 saturated carbocycles. The lowest BCUT2D eigenvalue weighted by Gasteiger charge is -2.39. The van der Waals surface area contributed by atoms with Crippen molar-refractivity contribution in [3.63, 3.8) is 0 Å². The van der Waals surface area contributed by atoms with Crippen molar-refractivity contribution in [1.82, 2.24) is 10.2 Å². The van der Waals surface area contributed by atoms with E-state index in [4.69, 9.17) is 0 Å². The fraction of sp³-hybridized carbons (Fsp3) is 0.231. The molecule has 164 valence electrons. The zero-order chi connectivity index (χ0) is 22.5. The molecule has 2 unspecified atom stereocenters. The van der Waals surface area contributed by atoms with E-state index in [2.05, 4.69) is 5.32 Å². The lowest BCUT2D eigenvalue weighted by Crippen LogP contribution is -2.47. The second-order valence-electron chi connectivity index (χ2n) is 7.95. The summed E-state index contributed by atoms with van der Waals surface area (Å²) in [6.45, 7) is 0.237. The number of likely N-dealkylation sites (tertiary alicyclic amines) is 1. The number of nitrogens with zero attached hydrogens (tertiary/aromatic N) is 1. The molecule has 1 saturated heterocycles. The first-order chi connectivity index (χ1) is 15.5. The summed E-state index contributed by atoms with van der Waals surface area (Å²) in [6, 6.07) is 21.5. The number of amides is 2. The van der Waals surface area contributed by atoms with Gasteiger partial charge in [-0.1, -0.05) is 60.7 Å². The Morgan fingerprint density at radius 2 is 1.50 bits per heavy atom. The predicted molar refractivity (Wildman–Crippen MR) is 118 cm³/mol. The summed E-state index contributed by atoms with van der Waals surface area (Å²) < 4.78 is 28.2. The predicted octanol–water partition coefficient (Wildman–Crippen LogP) is 4.87. The van der Waals surface area contributed by atoms with Crippen LogP contribution >= 0.6 is 0 Å². The van der Waals surface area contributed by atoms with Gasteiger partial charge in [-0.3, -0.25) is 9.59 Å². The van der Waals surface area contributed by atoms with Gasteiger partial charge in [0.25, 0.3) is 5.91 Å². The lowest BCUT2D eigenvalue weighted by molar-refractivity contribution is -0.127. The van der Waals surface area contributed by atoms with E-state index < -0.39 is 17.6 Å². The molecule has 0 aliphatic carbocycles. The molecule has 3 aromatic carbocycles. The van der Waals surface area contributed by atoms with E-state index in [-0.39, 0.29) is 36.4 Å². The van der Waals surface area contributed by atoms with Crippen molar-refractivity contribution in [3.8, 4) is 0 Å². The Morgan fingerprint density at radius 1 is 0.844 bits per heavy atom. The molecular formula is C26H24F2N2O2. The third-order valence-electron chi connectivity index (χ3n) is 5.91. The van der Waals surface area contributed by atoms with E-state index in [0.29, 0.717) is 18.4 Å². The zero-order valence-electron chi connectivity index (χ0n) is 17.5. The number of carbonyl (C=O) groups excluding carboxylic acids is 2. The van der Waals surface area contributed by atoms with Gasteiger partial charge in [-0.15, -0.1) is 0 Å². The number of nitrogens with one attached hydrogen (secondary N) is 1. The number of halogens is 2. The van der Waals surface area contributed by atoms with Crippen molar-refractivity contribution in [3.05, 3.63) is 107 Å². The van der Waals surface area contributed by atoms with Crippen molar-refractivity contribution in [2.45, 2.75) is 25.4 Å². The van der Waals surface area contributed by atoms with Gasteiger partial charge in [-0.25, -0.2) is 8.78 Å². The molecule has 2 atom stereocenters. The Balaban J connectivity index is 1.54. The molecule has 1 N–H and O–H groups in total. The molecule has 32 heavy (non-hydrogen) atoms. The minimum atomic E-state index is -0.588. The Kier molecular flexibility index (Phi) is 6.59. The van der Waals surface area contributed by atoms with Crippen molar-refractivity contribution >= 4 is 11.8 Å². The van der Waals surface area contributed by atoms with Crippen molar-refractivity contribution in [2.24, 2.45) is 5.92 Å². The van der Waals surface area contributed by atoms with Crippen LogP contribution in [0.3, 0.4) is 0 Å². The molecule has 2 amide bonds. The highest BCUT2D eigenvalue weighted by atomic mass is 19.1. The highest BCUT2D eigenvalue weighted by Crippen LogP contribution is 2.35. The van der Waals surface area contributed by atoms with Crippen molar-refractivity contribution in [1.29, 1.82) is 0 Å². The Labute approximate surface area is 185 Å². The third-order valence-corrected chi connectivity index (χ3v) is 5.91. The fourth-order valence-corrected chi connectivity index (χ4v) is 4.19. The monoisotopic (exact) mass is 434 g/mol. The number of benzene rings is 3. The number of hydrogen-bond acceptors (Lipinski definition) is 2. The molecule has 0 bridgehead atoms.